The van der Waals surface area contributed by atoms with Gasteiger partial charge in [-0.1, -0.05) is 25.5 Å². The third kappa shape index (κ3) is 2.61. The van der Waals surface area contributed by atoms with Crippen molar-refractivity contribution < 1.29 is 4.79 Å². The van der Waals surface area contributed by atoms with Crippen LogP contribution in [-0.2, 0) is 4.79 Å². The maximum absolute atomic E-state index is 11.5. The van der Waals surface area contributed by atoms with Crippen LogP contribution in [0.25, 0.3) is 0 Å². The average molecular weight is 344 g/mol. The zero-order valence-electron chi connectivity index (χ0n) is 16.7. The lowest BCUT2D eigenvalue weighted by molar-refractivity contribution is -0.123. The van der Waals surface area contributed by atoms with Crippen LogP contribution in [-0.4, -0.2) is 11.9 Å². The van der Waals surface area contributed by atoms with Crippen molar-refractivity contribution in [2.24, 2.45) is 34.5 Å². The summed E-state index contributed by atoms with van der Waals surface area (Å²) in [6, 6.07) is 0.432. The summed E-state index contributed by atoms with van der Waals surface area (Å²) in [7, 11) is 0. The third-order valence-electron chi connectivity index (χ3n) is 9.27. The monoisotopic (exact) mass is 343 g/mol. The molecule has 0 aromatic rings. The molecule has 1 N–H and O–H groups in total. The fraction of sp³-hybridized carbons (Fsp3) is 0.870. The Hall–Kier alpha value is -0.790. The van der Waals surface area contributed by atoms with Crippen molar-refractivity contribution in [3.05, 3.63) is 11.6 Å². The Labute approximate surface area is 154 Å². The van der Waals surface area contributed by atoms with E-state index in [4.69, 9.17) is 0 Å². The average Bonchev–Trinajstić information content (AvgIpc) is 2.91. The predicted octanol–water partition coefficient (Wildman–Crippen LogP) is 5.48. The van der Waals surface area contributed by atoms with E-state index in [0.29, 0.717) is 16.9 Å². The van der Waals surface area contributed by atoms with Gasteiger partial charge in [0, 0.05) is 13.0 Å². The molecule has 4 fully saturated rings. The van der Waals surface area contributed by atoms with Crippen LogP contribution in [0.5, 0.6) is 0 Å². The summed E-state index contributed by atoms with van der Waals surface area (Å²) in [5, 5.41) is 3.21. The van der Waals surface area contributed by atoms with Gasteiger partial charge in [0.05, 0.1) is 0 Å². The molecule has 4 aliphatic rings. The molecule has 0 spiro atoms. The molecular weight excluding hydrogens is 306 g/mol. The lowest BCUT2D eigenvalue weighted by atomic mass is 9.45. The highest BCUT2D eigenvalue weighted by atomic mass is 16.1. The molecule has 0 radical (unpaired) electrons. The lowest BCUT2D eigenvalue weighted by Crippen LogP contribution is -2.54. The second-order valence-corrected chi connectivity index (χ2v) is 10.1. The van der Waals surface area contributed by atoms with Gasteiger partial charge in [-0.25, -0.2) is 0 Å². The Bertz CT molecular complexity index is 581. The van der Waals surface area contributed by atoms with Crippen LogP contribution >= 0.6 is 0 Å². The highest BCUT2D eigenvalue weighted by Crippen LogP contribution is 2.67. The summed E-state index contributed by atoms with van der Waals surface area (Å²) >= 11 is 0. The minimum absolute atomic E-state index is 0.153. The van der Waals surface area contributed by atoms with E-state index >= 15 is 0 Å². The standard InChI is InChI=1S/C23H37NO/c1-5-16-7-9-20-19-8-6-17-14-18(24-15(2)25)10-12-23(17,4)21(19)11-13-22(16,20)3/h5,17-21H,6-14H2,1-4H3,(H,24,25)/b16-5-/t17?,18-,19?,20?,21?,22-,23+/m1/s1. The summed E-state index contributed by atoms with van der Waals surface area (Å²) in [6.45, 7) is 9.13. The van der Waals surface area contributed by atoms with Crippen LogP contribution in [0.1, 0.15) is 85.5 Å². The zero-order chi connectivity index (χ0) is 17.8. The summed E-state index contributed by atoms with van der Waals surface area (Å²) < 4.78 is 0. The molecular formula is C23H37NO. The van der Waals surface area contributed by atoms with Crippen molar-refractivity contribution in [1.82, 2.24) is 5.32 Å². The summed E-state index contributed by atoms with van der Waals surface area (Å²) in [4.78, 5) is 11.5. The Morgan fingerprint density at radius 1 is 1.08 bits per heavy atom. The maximum Gasteiger partial charge on any atom is 0.217 e. The van der Waals surface area contributed by atoms with E-state index in [1.807, 2.05) is 0 Å². The molecule has 25 heavy (non-hydrogen) atoms. The normalized spacial score (nSPS) is 50.7. The third-order valence-corrected chi connectivity index (χ3v) is 9.27. The van der Waals surface area contributed by atoms with E-state index < -0.39 is 0 Å². The maximum atomic E-state index is 11.5. The Kier molecular flexibility index (Phi) is 4.32. The van der Waals surface area contributed by atoms with E-state index in [1.54, 1.807) is 12.5 Å². The molecule has 1 amide bonds. The van der Waals surface area contributed by atoms with Crippen molar-refractivity contribution in [2.75, 3.05) is 0 Å². The summed E-state index contributed by atoms with van der Waals surface area (Å²) in [5.41, 5.74) is 2.79. The Morgan fingerprint density at radius 2 is 1.88 bits per heavy atom. The molecule has 7 atom stereocenters. The van der Waals surface area contributed by atoms with Crippen molar-refractivity contribution in [1.29, 1.82) is 0 Å². The van der Waals surface area contributed by atoms with Gasteiger partial charge in [-0.2, -0.15) is 0 Å². The quantitative estimate of drug-likeness (QED) is 0.628. The summed E-state index contributed by atoms with van der Waals surface area (Å²) in [5.74, 6) is 3.80. The SMILES string of the molecule is C/C=C1/CCC2C3CCC4C[C@H](NC(C)=O)CC[C@]4(C)C3CC[C@]12C. The fourth-order valence-electron chi connectivity index (χ4n) is 8.00. The van der Waals surface area contributed by atoms with Crippen LogP contribution in [0.2, 0.25) is 0 Å². The molecule has 0 heterocycles. The molecule has 0 aromatic carbocycles. The number of nitrogens with one attached hydrogen (secondary N) is 1. The minimum atomic E-state index is 0.153. The molecule has 0 aliphatic heterocycles. The first-order valence-corrected chi connectivity index (χ1v) is 10.8. The van der Waals surface area contributed by atoms with Crippen molar-refractivity contribution in [2.45, 2.75) is 91.5 Å². The smallest absolute Gasteiger partial charge is 0.217 e. The Balaban J connectivity index is 1.55. The largest absolute Gasteiger partial charge is 0.354 e. The molecule has 2 heteroatoms. The number of carbonyl (C=O) groups excluding carboxylic acids is 1. The predicted molar refractivity (Wildman–Crippen MR) is 103 cm³/mol. The number of amides is 1. The van der Waals surface area contributed by atoms with Gasteiger partial charge in [0.2, 0.25) is 5.91 Å². The Morgan fingerprint density at radius 3 is 2.60 bits per heavy atom. The van der Waals surface area contributed by atoms with Gasteiger partial charge >= 0.3 is 0 Å². The van der Waals surface area contributed by atoms with Gasteiger partial charge in [-0.3, -0.25) is 4.79 Å². The number of hydrogen-bond acceptors (Lipinski definition) is 1. The number of fused-ring (bicyclic) bond motifs is 5. The van der Waals surface area contributed by atoms with Crippen molar-refractivity contribution >= 4 is 5.91 Å². The first-order valence-electron chi connectivity index (χ1n) is 10.8. The topological polar surface area (TPSA) is 29.1 Å². The van der Waals surface area contributed by atoms with Gasteiger partial charge < -0.3 is 5.32 Å². The first-order chi connectivity index (χ1) is 11.9. The van der Waals surface area contributed by atoms with Crippen LogP contribution in [0, 0.1) is 34.5 Å². The second-order valence-electron chi connectivity index (χ2n) is 10.1. The van der Waals surface area contributed by atoms with Crippen molar-refractivity contribution in [3.63, 3.8) is 0 Å². The minimum Gasteiger partial charge on any atom is -0.354 e. The zero-order valence-corrected chi connectivity index (χ0v) is 16.7. The van der Waals surface area contributed by atoms with Gasteiger partial charge in [0.1, 0.15) is 0 Å². The first kappa shape index (κ1) is 17.6. The van der Waals surface area contributed by atoms with Gasteiger partial charge in [-0.05, 0) is 99.2 Å². The summed E-state index contributed by atoms with van der Waals surface area (Å²) in [6.07, 6.45) is 14.6. The van der Waals surface area contributed by atoms with E-state index in [-0.39, 0.29) is 5.91 Å². The van der Waals surface area contributed by atoms with Crippen LogP contribution in [0.4, 0.5) is 0 Å². The molecule has 140 valence electrons. The van der Waals surface area contributed by atoms with Crippen LogP contribution in [0.3, 0.4) is 0 Å². The molecule has 4 rings (SSSR count). The van der Waals surface area contributed by atoms with Crippen molar-refractivity contribution in [3.8, 4) is 0 Å². The highest BCUT2D eigenvalue weighted by molar-refractivity contribution is 5.73. The number of allylic oxidation sites excluding steroid dienone is 2. The van der Waals surface area contributed by atoms with Crippen LogP contribution < -0.4 is 5.32 Å². The molecule has 0 saturated heterocycles. The highest BCUT2D eigenvalue weighted by Gasteiger charge is 2.58. The molecule has 4 saturated carbocycles. The van der Waals surface area contributed by atoms with Gasteiger partial charge in [0.25, 0.3) is 0 Å². The molecule has 2 nitrogen and oxygen atoms in total. The van der Waals surface area contributed by atoms with Crippen LogP contribution in [0.15, 0.2) is 11.6 Å². The van der Waals surface area contributed by atoms with Gasteiger partial charge in [0.15, 0.2) is 0 Å². The number of rotatable bonds is 1. The van der Waals surface area contributed by atoms with E-state index in [1.165, 1.54) is 57.8 Å². The molecule has 0 bridgehead atoms. The van der Waals surface area contributed by atoms with E-state index in [0.717, 1.165) is 23.7 Å². The molecule has 0 aromatic heterocycles. The van der Waals surface area contributed by atoms with E-state index in [9.17, 15) is 4.79 Å². The lowest BCUT2D eigenvalue weighted by Gasteiger charge is -2.60. The fourth-order valence-corrected chi connectivity index (χ4v) is 8.00. The molecule has 4 aliphatic carbocycles. The number of carbonyl (C=O) groups is 1. The van der Waals surface area contributed by atoms with E-state index in [2.05, 4.69) is 32.2 Å². The number of hydrogen-bond donors (Lipinski definition) is 1. The molecule has 4 unspecified atom stereocenters. The second kappa shape index (κ2) is 6.13. The van der Waals surface area contributed by atoms with Gasteiger partial charge in [-0.15, -0.1) is 0 Å².